The van der Waals surface area contributed by atoms with E-state index in [-0.39, 0.29) is 11.7 Å². The summed E-state index contributed by atoms with van der Waals surface area (Å²) >= 11 is 3.41. The van der Waals surface area contributed by atoms with Crippen LogP contribution in [-0.2, 0) is 17.8 Å². The lowest BCUT2D eigenvalue weighted by molar-refractivity contribution is -0.130. The minimum atomic E-state index is -0.423. The highest BCUT2D eigenvalue weighted by Gasteiger charge is 2.22. The number of hydrogen-bond donors (Lipinski definition) is 0. The van der Waals surface area contributed by atoms with Gasteiger partial charge >= 0.3 is 0 Å². The van der Waals surface area contributed by atoms with Crippen LogP contribution in [0.15, 0.2) is 54.6 Å². The fraction of sp³-hybridized carbons (Fsp3) is 0.278. The Morgan fingerprint density at radius 3 is 2.41 bits per heavy atom. The van der Waals surface area contributed by atoms with E-state index >= 15 is 0 Å². The lowest BCUT2D eigenvalue weighted by atomic mass is 10.1. The van der Waals surface area contributed by atoms with Gasteiger partial charge < -0.3 is 4.90 Å². The van der Waals surface area contributed by atoms with Gasteiger partial charge in [-0.1, -0.05) is 64.5 Å². The fourth-order valence-corrected chi connectivity index (χ4v) is 2.93. The summed E-state index contributed by atoms with van der Waals surface area (Å²) in [6.07, 6.45) is 0.344. The molecule has 2 aromatic rings. The molecule has 0 saturated carbocycles. The monoisotopic (exact) mass is 363 g/mol. The minimum Gasteiger partial charge on any atom is -0.338 e. The topological polar surface area (TPSA) is 20.3 Å². The number of nitrogens with zero attached hydrogens (tertiary/aromatic N) is 1. The van der Waals surface area contributed by atoms with Crippen molar-refractivity contribution in [1.82, 2.24) is 4.90 Å². The summed E-state index contributed by atoms with van der Waals surface area (Å²) in [6.45, 7) is 3.13. The zero-order chi connectivity index (χ0) is 15.9. The molecule has 0 N–H and O–H groups in total. The molecule has 0 fully saturated rings. The summed E-state index contributed by atoms with van der Waals surface area (Å²) in [5.74, 6) is -0.291. The van der Waals surface area contributed by atoms with Gasteiger partial charge in [0.2, 0.25) is 5.91 Å². The summed E-state index contributed by atoms with van der Waals surface area (Å²) in [5, 5.41) is 0. The second kappa shape index (κ2) is 8.08. The van der Waals surface area contributed by atoms with Gasteiger partial charge in [-0.25, -0.2) is 4.39 Å². The molecule has 0 bridgehead atoms. The van der Waals surface area contributed by atoms with Gasteiger partial charge in [0.15, 0.2) is 0 Å². The van der Waals surface area contributed by atoms with Crippen LogP contribution in [0, 0.1) is 5.82 Å². The summed E-state index contributed by atoms with van der Waals surface area (Å²) in [6, 6.07) is 16.4. The number of carbonyl (C=O) groups excluding carboxylic acids is 1. The maximum atomic E-state index is 13.7. The third kappa shape index (κ3) is 4.41. The van der Waals surface area contributed by atoms with E-state index < -0.39 is 4.83 Å². The Labute approximate surface area is 139 Å². The van der Waals surface area contributed by atoms with Gasteiger partial charge in [0, 0.05) is 13.1 Å². The fourth-order valence-electron chi connectivity index (χ4n) is 2.29. The first kappa shape index (κ1) is 16.7. The molecule has 116 valence electrons. The normalized spacial score (nSPS) is 12.0. The molecular weight excluding hydrogens is 345 g/mol. The molecule has 4 heteroatoms. The van der Waals surface area contributed by atoms with Crippen molar-refractivity contribution in [3.8, 4) is 0 Å². The van der Waals surface area contributed by atoms with Crippen molar-refractivity contribution in [3.63, 3.8) is 0 Å². The van der Waals surface area contributed by atoms with E-state index in [2.05, 4.69) is 15.9 Å². The van der Waals surface area contributed by atoms with Crippen molar-refractivity contribution in [1.29, 1.82) is 0 Å². The van der Waals surface area contributed by atoms with Crippen LogP contribution in [0.4, 0.5) is 4.39 Å². The molecule has 0 aromatic heterocycles. The van der Waals surface area contributed by atoms with Gasteiger partial charge in [0.05, 0.1) is 4.83 Å². The molecule has 22 heavy (non-hydrogen) atoms. The van der Waals surface area contributed by atoms with Crippen LogP contribution in [0.2, 0.25) is 0 Å². The Hall–Kier alpha value is -1.68. The lowest BCUT2D eigenvalue weighted by Crippen LogP contribution is -2.37. The molecule has 0 spiro atoms. The van der Waals surface area contributed by atoms with Crippen LogP contribution in [-0.4, -0.2) is 22.2 Å². The Kier molecular flexibility index (Phi) is 6.13. The Morgan fingerprint density at radius 1 is 1.14 bits per heavy atom. The largest absolute Gasteiger partial charge is 0.338 e. The molecule has 2 rings (SSSR count). The summed E-state index contributed by atoms with van der Waals surface area (Å²) in [7, 11) is 0. The molecule has 1 atom stereocenters. The van der Waals surface area contributed by atoms with Crippen molar-refractivity contribution in [2.75, 3.05) is 6.54 Å². The quantitative estimate of drug-likeness (QED) is 0.705. The van der Waals surface area contributed by atoms with E-state index in [0.717, 1.165) is 5.56 Å². The van der Waals surface area contributed by atoms with Gasteiger partial charge in [-0.2, -0.15) is 0 Å². The molecule has 0 saturated heterocycles. The molecule has 2 nitrogen and oxygen atoms in total. The molecular formula is C18H19BrFNO. The first-order valence-electron chi connectivity index (χ1n) is 7.32. The van der Waals surface area contributed by atoms with E-state index in [1.807, 2.05) is 37.3 Å². The summed E-state index contributed by atoms with van der Waals surface area (Å²) in [5.41, 5.74) is 1.64. The molecule has 1 unspecified atom stereocenters. The number of carbonyl (C=O) groups is 1. The van der Waals surface area contributed by atoms with Crippen LogP contribution < -0.4 is 0 Å². The van der Waals surface area contributed by atoms with E-state index in [9.17, 15) is 9.18 Å². The first-order chi connectivity index (χ1) is 10.6. The maximum absolute atomic E-state index is 13.7. The first-order valence-corrected chi connectivity index (χ1v) is 8.23. The SMILES string of the molecule is CCN(Cc1ccccc1)C(=O)C(Br)Cc1ccccc1F. The summed E-state index contributed by atoms with van der Waals surface area (Å²) in [4.78, 5) is 13.9. The number of benzene rings is 2. The van der Waals surface area contributed by atoms with Gasteiger partial charge in [-0.15, -0.1) is 0 Å². The molecule has 0 heterocycles. The van der Waals surface area contributed by atoms with Gasteiger partial charge in [0.25, 0.3) is 0 Å². The number of alkyl halides is 1. The molecule has 0 radical (unpaired) electrons. The molecule has 0 aliphatic carbocycles. The second-order valence-corrected chi connectivity index (χ2v) is 6.21. The van der Waals surface area contributed by atoms with Crippen LogP contribution >= 0.6 is 15.9 Å². The third-order valence-electron chi connectivity index (χ3n) is 3.53. The van der Waals surface area contributed by atoms with E-state index in [1.54, 1.807) is 23.1 Å². The Balaban J connectivity index is 2.03. The van der Waals surface area contributed by atoms with Gasteiger partial charge in [-0.05, 0) is 30.5 Å². The van der Waals surface area contributed by atoms with Crippen LogP contribution in [0.5, 0.6) is 0 Å². The molecule has 1 amide bonds. The lowest BCUT2D eigenvalue weighted by Gasteiger charge is -2.24. The van der Waals surface area contributed by atoms with Crippen LogP contribution in [0.1, 0.15) is 18.1 Å². The minimum absolute atomic E-state index is 0.0189. The zero-order valence-corrected chi connectivity index (χ0v) is 14.1. The van der Waals surface area contributed by atoms with Gasteiger partial charge in [-0.3, -0.25) is 4.79 Å². The molecule has 2 aromatic carbocycles. The highest BCUT2D eigenvalue weighted by Crippen LogP contribution is 2.17. The van der Waals surface area contributed by atoms with Crippen molar-refractivity contribution in [3.05, 3.63) is 71.5 Å². The Morgan fingerprint density at radius 2 is 1.77 bits per heavy atom. The molecule has 0 aliphatic heterocycles. The van der Waals surface area contributed by atoms with Gasteiger partial charge in [0.1, 0.15) is 5.82 Å². The van der Waals surface area contributed by atoms with E-state index in [0.29, 0.717) is 25.1 Å². The summed E-state index contributed by atoms with van der Waals surface area (Å²) < 4.78 is 13.7. The predicted molar refractivity (Wildman–Crippen MR) is 90.4 cm³/mol. The smallest absolute Gasteiger partial charge is 0.236 e. The van der Waals surface area contributed by atoms with Crippen molar-refractivity contribution in [2.45, 2.75) is 24.7 Å². The van der Waals surface area contributed by atoms with Crippen molar-refractivity contribution >= 4 is 21.8 Å². The standard InChI is InChI=1S/C18H19BrFNO/c1-2-21(13-14-8-4-3-5-9-14)18(22)16(19)12-15-10-6-7-11-17(15)20/h3-11,16H,2,12-13H2,1H3. The van der Waals surface area contributed by atoms with Crippen LogP contribution in [0.25, 0.3) is 0 Å². The average Bonchev–Trinajstić information content (AvgIpc) is 2.55. The zero-order valence-electron chi connectivity index (χ0n) is 12.5. The van der Waals surface area contributed by atoms with Crippen LogP contribution in [0.3, 0.4) is 0 Å². The molecule has 0 aliphatic rings. The highest BCUT2D eigenvalue weighted by atomic mass is 79.9. The third-order valence-corrected chi connectivity index (χ3v) is 4.25. The van der Waals surface area contributed by atoms with E-state index in [4.69, 9.17) is 0 Å². The number of rotatable bonds is 6. The average molecular weight is 364 g/mol. The number of hydrogen-bond acceptors (Lipinski definition) is 1. The Bertz CT molecular complexity index is 617. The second-order valence-electron chi connectivity index (χ2n) is 5.10. The number of amides is 1. The number of halogens is 2. The van der Waals surface area contributed by atoms with E-state index in [1.165, 1.54) is 6.07 Å². The van der Waals surface area contributed by atoms with Crippen molar-refractivity contribution < 1.29 is 9.18 Å². The van der Waals surface area contributed by atoms with Crippen molar-refractivity contribution in [2.24, 2.45) is 0 Å². The maximum Gasteiger partial charge on any atom is 0.236 e. The predicted octanol–water partition coefficient (Wildman–Crippen LogP) is 4.18. The highest BCUT2D eigenvalue weighted by molar-refractivity contribution is 9.10.